The molecule has 2 heterocycles. The quantitative estimate of drug-likeness (QED) is 0.727. The van der Waals surface area contributed by atoms with Crippen LogP contribution in [0.2, 0.25) is 0 Å². The lowest BCUT2D eigenvalue weighted by molar-refractivity contribution is 0.0657. The maximum Gasteiger partial charge on any atom is 0.256 e. The van der Waals surface area contributed by atoms with Crippen molar-refractivity contribution in [1.82, 2.24) is 19.4 Å². The van der Waals surface area contributed by atoms with Gasteiger partial charge in [-0.1, -0.05) is 24.3 Å². The predicted molar refractivity (Wildman–Crippen MR) is 98.1 cm³/mol. The van der Waals surface area contributed by atoms with Crippen molar-refractivity contribution in [1.29, 1.82) is 0 Å². The van der Waals surface area contributed by atoms with Crippen LogP contribution in [0.4, 0.5) is 0 Å². The molecule has 0 saturated heterocycles. The maximum absolute atomic E-state index is 13.3. The van der Waals surface area contributed by atoms with Gasteiger partial charge < -0.3 is 4.90 Å². The molecule has 5 nitrogen and oxygen atoms in total. The number of pyridine rings is 1. The van der Waals surface area contributed by atoms with Crippen LogP contribution in [0, 0.1) is 0 Å². The molecule has 1 aromatic carbocycles. The van der Waals surface area contributed by atoms with Crippen LogP contribution in [-0.4, -0.2) is 31.4 Å². The molecule has 1 amide bonds. The molecule has 3 aromatic rings. The average molecular weight is 344 g/mol. The maximum atomic E-state index is 13.3. The van der Waals surface area contributed by atoms with Gasteiger partial charge in [0.25, 0.3) is 5.91 Å². The highest BCUT2D eigenvalue weighted by atomic mass is 16.2. The molecular weight excluding hydrogens is 324 g/mol. The average Bonchev–Trinajstić information content (AvgIpc) is 3.20. The summed E-state index contributed by atoms with van der Waals surface area (Å²) in [6.45, 7) is 0. The molecule has 0 N–H and O–H groups in total. The van der Waals surface area contributed by atoms with Gasteiger partial charge in [-0.2, -0.15) is 0 Å². The highest BCUT2D eigenvalue weighted by molar-refractivity contribution is 5.94. The topological polar surface area (TPSA) is 51.0 Å². The monoisotopic (exact) mass is 344 g/mol. The van der Waals surface area contributed by atoms with E-state index in [1.165, 1.54) is 11.1 Å². The molecule has 130 valence electrons. The van der Waals surface area contributed by atoms with Crippen LogP contribution in [0.5, 0.6) is 0 Å². The van der Waals surface area contributed by atoms with E-state index in [0.717, 1.165) is 31.5 Å². The van der Waals surface area contributed by atoms with E-state index in [-0.39, 0.29) is 11.9 Å². The van der Waals surface area contributed by atoms with Crippen molar-refractivity contribution in [2.75, 3.05) is 0 Å². The molecule has 5 heteroatoms. The third kappa shape index (κ3) is 2.60. The first-order chi connectivity index (χ1) is 12.8. The minimum Gasteiger partial charge on any atom is -0.329 e. The first-order valence-electron chi connectivity index (χ1n) is 9.16. The first-order valence-corrected chi connectivity index (χ1v) is 9.16. The Hall–Kier alpha value is -2.95. The number of aryl methyl sites for hydroxylation is 1. The molecular formula is C21H20N4O. The third-order valence-electron chi connectivity index (χ3n) is 5.38. The number of carbonyl (C=O) groups is 1. The Kier molecular flexibility index (Phi) is 3.59. The molecule has 2 aliphatic carbocycles. The normalized spacial score (nSPS) is 18.5. The number of hydrogen-bond donors (Lipinski definition) is 0. The summed E-state index contributed by atoms with van der Waals surface area (Å²) in [5, 5.41) is 0. The number of imidazole rings is 1. The van der Waals surface area contributed by atoms with E-state index in [0.29, 0.717) is 11.6 Å². The van der Waals surface area contributed by atoms with Crippen molar-refractivity contribution in [3.05, 3.63) is 78.0 Å². The van der Waals surface area contributed by atoms with Gasteiger partial charge in [0.2, 0.25) is 0 Å². The Morgan fingerprint density at radius 1 is 1.12 bits per heavy atom. The zero-order valence-electron chi connectivity index (χ0n) is 14.5. The lowest BCUT2D eigenvalue weighted by Gasteiger charge is -2.30. The van der Waals surface area contributed by atoms with Gasteiger partial charge in [0.15, 0.2) is 0 Å². The SMILES string of the molecule is O=C(c1ccc(-n2ccnc2)nc1)N(C1CC1)[C@@H]1CCc2ccccc21. The number of carbonyl (C=O) groups excluding carboxylic acids is 1. The number of nitrogens with zero attached hydrogens (tertiary/aromatic N) is 4. The molecule has 0 unspecified atom stereocenters. The molecule has 0 spiro atoms. The van der Waals surface area contributed by atoms with Gasteiger partial charge in [-0.05, 0) is 48.9 Å². The highest BCUT2D eigenvalue weighted by Gasteiger charge is 2.40. The van der Waals surface area contributed by atoms with E-state index in [1.807, 2.05) is 22.9 Å². The second-order valence-electron chi connectivity index (χ2n) is 7.07. The summed E-state index contributed by atoms with van der Waals surface area (Å²) in [7, 11) is 0. The van der Waals surface area contributed by atoms with Crippen molar-refractivity contribution in [3.63, 3.8) is 0 Å². The lowest BCUT2D eigenvalue weighted by atomic mass is 10.1. The van der Waals surface area contributed by atoms with Gasteiger partial charge in [-0.15, -0.1) is 0 Å². The smallest absolute Gasteiger partial charge is 0.256 e. The van der Waals surface area contributed by atoms with Gasteiger partial charge in [0.1, 0.15) is 12.1 Å². The summed E-state index contributed by atoms with van der Waals surface area (Å²) in [6.07, 6.45) is 11.2. The van der Waals surface area contributed by atoms with Crippen LogP contribution in [0.25, 0.3) is 5.82 Å². The molecule has 26 heavy (non-hydrogen) atoms. The van der Waals surface area contributed by atoms with Crippen LogP contribution < -0.4 is 0 Å². The summed E-state index contributed by atoms with van der Waals surface area (Å²) < 4.78 is 1.83. The van der Waals surface area contributed by atoms with E-state index in [4.69, 9.17) is 0 Å². The van der Waals surface area contributed by atoms with Gasteiger partial charge in [0.05, 0.1) is 11.6 Å². The van der Waals surface area contributed by atoms with E-state index < -0.39 is 0 Å². The summed E-state index contributed by atoms with van der Waals surface area (Å²) in [5.74, 6) is 0.863. The van der Waals surface area contributed by atoms with Gasteiger partial charge >= 0.3 is 0 Å². The Morgan fingerprint density at radius 2 is 2.00 bits per heavy atom. The van der Waals surface area contributed by atoms with Crippen LogP contribution in [-0.2, 0) is 6.42 Å². The van der Waals surface area contributed by atoms with E-state index in [2.05, 4.69) is 39.1 Å². The van der Waals surface area contributed by atoms with Crippen LogP contribution in [0.1, 0.15) is 46.8 Å². The summed E-state index contributed by atoms with van der Waals surface area (Å²) in [5.41, 5.74) is 3.35. The molecule has 1 atom stereocenters. The van der Waals surface area contributed by atoms with E-state index in [1.54, 1.807) is 18.7 Å². The number of benzene rings is 1. The van der Waals surface area contributed by atoms with Gasteiger partial charge in [-0.3, -0.25) is 9.36 Å². The standard InChI is InChI=1S/C21H20N4O/c26-21(16-6-10-20(23-13-16)24-12-11-22-14-24)25(17-7-8-17)19-9-5-15-3-1-2-4-18(15)19/h1-4,6,10-14,17,19H,5,7-9H2/t19-/m1/s1. The molecule has 0 radical (unpaired) electrons. The highest BCUT2D eigenvalue weighted by Crippen LogP contribution is 2.42. The predicted octanol–water partition coefficient (Wildman–Crippen LogP) is 3.56. The van der Waals surface area contributed by atoms with Crippen molar-refractivity contribution < 1.29 is 4.79 Å². The minimum atomic E-state index is 0.0962. The summed E-state index contributed by atoms with van der Waals surface area (Å²) >= 11 is 0. The Bertz CT molecular complexity index is 929. The second-order valence-corrected chi connectivity index (χ2v) is 7.07. The number of rotatable bonds is 4. The van der Waals surface area contributed by atoms with E-state index >= 15 is 0 Å². The minimum absolute atomic E-state index is 0.0962. The fourth-order valence-electron chi connectivity index (χ4n) is 3.95. The Balaban J connectivity index is 1.44. The van der Waals surface area contributed by atoms with Crippen molar-refractivity contribution in [2.24, 2.45) is 0 Å². The first kappa shape index (κ1) is 15.3. The van der Waals surface area contributed by atoms with Gasteiger partial charge in [-0.25, -0.2) is 9.97 Å². The van der Waals surface area contributed by atoms with Gasteiger partial charge in [0, 0.05) is 24.6 Å². The molecule has 5 rings (SSSR count). The molecule has 2 aromatic heterocycles. The lowest BCUT2D eigenvalue weighted by Crippen LogP contribution is -2.36. The summed E-state index contributed by atoms with van der Waals surface area (Å²) in [4.78, 5) is 23.9. The number of fused-ring (bicyclic) bond motifs is 1. The second kappa shape index (κ2) is 6.09. The number of aromatic nitrogens is 3. The molecule has 2 aliphatic rings. The fraction of sp³-hybridized carbons (Fsp3) is 0.286. The van der Waals surface area contributed by atoms with Crippen molar-refractivity contribution >= 4 is 5.91 Å². The number of hydrogen-bond acceptors (Lipinski definition) is 3. The van der Waals surface area contributed by atoms with E-state index in [9.17, 15) is 4.79 Å². The summed E-state index contributed by atoms with van der Waals surface area (Å²) in [6, 6.07) is 12.8. The molecule has 0 bridgehead atoms. The zero-order chi connectivity index (χ0) is 17.5. The largest absolute Gasteiger partial charge is 0.329 e. The Morgan fingerprint density at radius 3 is 2.73 bits per heavy atom. The van der Waals surface area contributed by atoms with Crippen molar-refractivity contribution in [3.8, 4) is 5.82 Å². The number of amides is 1. The van der Waals surface area contributed by atoms with Crippen LogP contribution in [0.3, 0.4) is 0 Å². The molecule has 0 aliphatic heterocycles. The third-order valence-corrected chi connectivity index (χ3v) is 5.38. The Labute approximate surface area is 152 Å². The fourth-order valence-corrected chi connectivity index (χ4v) is 3.95. The van der Waals surface area contributed by atoms with Crippen LogP contribution in [0.15, 0.2) is 61.3 Å². The van der Waals surface area contributed by atoms with Crippen LogP contribution >= 0.6 is 0 Å². The molecule has 1 saturated carbocycles. The van der Waals surface area contributed by atoms with Crippen molar-refractivity contribution in [2.45, 2.75) is 37.8 Å². The molecule has 1 fully saturated rings. The zero-order valence-corrected chi connectivity index (χ0v) is 14.5.